The molecule has 0 radical (unpaired) electrons. The van der Waals surface area contributed by atoms with E-state index in [1.54, 1.807) is 6.08 Å². The van der Waals surface area contributed by atoms with Crippen LogP contribution < -0.4 is 5.32 Å². The lowest BCUT2D eigenvalue weighted by Crippen LogP contribution is -2.34. The Balaban J connectivity index is 1.89. The van der Waals surface area contributed by atoms with Crippen LogP contribution in [0.15, 0.2) is 72.1 Å². The van der Waals surface area contributed by atoms with Gasteiger partial charge in [0, 0.05) is 11.4 Å². The zero-order chi connectivity index (χ0) is 14.7. The van der Waals surface area contributed by atoms with Gasteiger partial charge in [0.15, 0.2) is 9.84 Å². The molecule has 0 saturated carbocycles. The highest BCUT2D eigenvalue weighted by molar-refractivity contribution is 7.94. The summed E-state index contributed by atoms with van der Waals surface area (Å²) >= 11 is 0. The van der Waals surface area contributed by atoms with Crippen LogP contribution in [0.25, 0.3) is 0 Å². The fourth-order valence-corrected chi connectivity index (χ4v) is 3.82. The minimum Gasteiger partial charge on any atom is -0.299 e. The maximum atomic E-state index is 11.6. The fraction of sp³-hybridized carbons (Fsp3) is 0.176. The monoisotopic (exact) mass is 299 g/mol. The molecule has 0 amide bonds. The van der Waals surface area contributed by atoms with Crippen molar-refractivity contribution in [2.75, 3.05) is 5.75 Å². The van der Waals surface area contributed by atoms with Crippen LogP contribution >= 0.6 is 0 Å². The Labute approximate surface area is 125 Å². The molecule has 0 aromatic heterocycles. The topological polar surface area (TPSA) is 46.2 Å². The number of benzene rings is 2. The van der Waals surface area contributed by atoms with Gasteiger partial charge >= 0.3 is 0 Å². The van der Waals surface area contributed by atoms with Crippen LogP contribution in [0.3, 0.4) is 0 Å². The van der Waals surface area contributed by atoms with Gasteiger partial charge < -0.3 is 0 Å². The maximum Gasteiger partial charge on any atom is 0.173 e. The first kappa shape index (κ1) is 14.0. The Bertz CT molecular complexity index is 684. The first-order valence-corrected chi connectivity index (χ1v) is 8.62. The summed E-state index contributed by atoms with van der Waals surface area (Å²) in [5, 5.41) is 4.74. The van der Waals surface area contributed by atoms with Gasteiger partial charge in [0.25, 0.3) is 0 Å². The van der Waals surface area contributed by atoms with Gasteiger partial charge in [0.05, 0.1) is 11.8 Å². The second-order valence-electron chi connectivity index (χ2n) is 5.19. The van der Waals surface area contributed by atoms with Crippen molar-refractivity contribution in [2.24, 2.45) is 0 Å². The molecule has 21 heavy (non-hydrogen) atoms. The third kappa shape index (κ3) is 3.40. The molecular weight excluding hydrogens is 282 g/mol. The van der Waals surface area contributed by atoms with Crippen molar-refractivity contribution in [1.29, 1.82) is 0 Å². The highest BCUT2D eigenvalue weighted by Gasteiger charge is 2.25. The van der Waals surface area contributed by atoms with Gasteiger partial charge in [-0.3, -0.25) is 5.32 Å². The van der Waals surface area contributed by atoms with Crippen molar-refractivity contribution in [2.45, 2.75) is 12.1 Å². The summed E-state index contributed by atoms with van der Waals surface area (Å²) in [4.78, 5) is 0. The SMILES string of the molecule is O=S1(=O)C=CC(NC(c2ccccc2)c2ccccc2)C1. The highest BCUT2D eigenvalue weighted by atomic mass is 32.2. The van der Waals surface area contributed by atoms with Gasteiger partial charge in [-0.25, -0.2) is 8.42 Å². The minimum absolute atomic E-state index is 0.0182. The first-order chi connectivity index (χ1) is 10.1. The van der Waals surface area contributed by atoms with Crippen molar-refractivity contribution >= 4 is 9.84 Å². The number of hydrogen-bond donors (Lipinski definition) is 1. The predicted octanol–water partition coefficient (Wildman–Crippen LogP) is 2.68. The Morgan fingerprint density at radius 3 is 1.86 bits per heavy atom. The summed E-state index contributed by atoms with van der Waals surface area (Å²) in [5.41, 5.74) is 2.25. The normalized spacial score (nSPS) is 20.0. The van der Waals surface area contributed by atoms with E-state index in [2.05, 4.69) is 29.6 Å². The third-order valence-electron chi connectivity index (χ3n) is 3.58. The van der Waals surface area contributed by atoms with Crippen molar-refractivity contribution in [3.63, 3.8) is 0 Å². The van der Waals surface area contributed by atoms with E-state index in [0.29, 0.717) is 0 Å². The third-order valence-corrected chi connectivity index (χ3v) is 4.97. The minimum atomic E-state index is -3.05. The lowest BCUT2D eigenvalue weighted by molar-refractivity contribution is 0.556. The van der Waals surface area contributed by atoms with Crippen molar-refractivity contribution in [1.82, 2.24) is 5.32 Å². The van der Waals surface area contributed by atoms with Gasteiger partial charge in [0.1, 0.15) is 0 Å². The maximum absolute atomic E-state index is 11.6. The molecular formula is C17H17NO2S. The average Bonchev–Trinajstić information content (AvgIpc) is 2.86. The molecule has 0 bridgehead atoms. The standard InChI is InChI=1S/C17H17NO2S/c19-21(20)12-11-16(13-21)18-17(14-7-3-1-4-8-14)15-9-5-2-6-10-15/h1-12,16-18H,13H2. The fourth-order valence-electron chi connectivity index (χ4n) is 2.57. The molecule has 0 aliphatic carbocycles. The van der Waals surface area contributed by atoms with Crippen molar-refractivity contribution < 1.29 is 8.42 Å². The molecule has 2 aromatic carbocycles. The van der Waals surface area contributed by atoms with Crippen LogP contribution in [0.5, 0.6) is 0 Å². The van der Waals surface area contributed by atoms with Crippen LogP contribution in [0, 0.1) is 0 Å². The van der Waals surface area contributed by atoms with Crippen LogP contribution in [0.1, 0.15) is 17.2 Å². The molecule has 1 heterocycles. The molecule has 0 saturated heterocycles. The van der Waals surface area contributed by atoms with Crippen LogP contribution in [-0.4, -0.2) is 20.2 Å². The Hall–Kier alpha value is -1.91. The zero-order valence-corrected chi connectivity index (χ0v) is 12.3. The van der Waals surface area contributed by atoms with Crippen LogP contribution in [0.4, 0.5) is 0 Å². The second-order valence-corrected chi connectivity index (χ2v) is 7.12. The van der Waals surface area contributed by atoms with E-state index in [-0.39, 0.29) is 17.8 Å². The van der Waals surface area contributed by atoms with Gasteiger partial charge in [-0.1, -0.05) is 66.7 Å². The Kier molecular flexibility index (Phi) is 3.90. The Morgan fingerprint density at radius 2 is 1.43 bits per heavy atom. The predicted molar refractivity (Wildman–Crippen MR) is 84.6 cm³/mol. The summed E-state index contributed by atoms with van der Waals surface area (Å²) in [6.07, 6.45) is 1.73. The van der Waals surface area contributed by atoms with E-state index in [0.717, 1.165) is 11.1 Å². The van der Waals surface area contributed by atoms with E-state index in [1.165, 1.54) is 5.41 Å². The van der Waals surface area contributed by atoms with Gasteiger partial charge in [-0.2, -0.15) is 0 Å². The summed E-state index contributed by atoms with van der Waals surface area (Å²) < 4.78 is 23.1. The van der Waals surface area contributed by atoms with Crippen molar-refractivity contribution in [3.05, 3.63) is 83.3 Å². The molecule has 1 unspecified atom stereocenters. The highest BCUT2D eigenvalue weighted by Crippen LogP contribution is 2.23. The van der Waals surface area contributed by atoms with Crippen LogP contribution in [0.2, 0.25) is 0 Å². The van der Waals surface area contributed by atoms with E-state index in [9.17, 15) is 8.42 Å². The molecule has 1 aliphatic heterocycles. The number of sulfone groups is 1. The molecule has 3 rings (SSSR count). The summed E-state index contributed by atoms with van der Waals surface area (Å²) in [6.45, 7) is 0. The summed E-state index contributed by atoms with van der Waals surface area (Å²) in [6, 6.07) is 20.0. The quantitative estimate of drug-likeness (QED) is 0.944. The van der Waals surface area contributed by atoms with Gasteiger partial charge in [-0.05, 0) is 11.1 Å². The van der Waals surface area contributed by atoms with Gasteiger partial charge in [-0.15, -0.1) is 0 Å². The molecule has 3 nitrogen and oxygen atoms in total. The van der Waals surface area contributed by atoms with Crippen LogP contribution in [-0.2, 0) is 9.84 Å². The number of hydrogen-bond acceptors (Lipinski definition) is 3. The number of nitrogens with one attached hydrogen (secondary N) is 1. The Morgan fingerprint density at radius 1 is 0.905 bits per heavy atom. The first-order valence-electron chi connectivity index (χ1n) is 6.91. The van der Waals surface area contributed by atoms with Crippen molar-refractivity contribution in [3.8, 4) is 0 Å². The van der Waals surface area contributed by atoms with Gasteiger partial charge in [0.2, 0.25) is 0 Å². The van der Waals surface area contributed by atoms with E-state index >= 15 is 0 Å². The smallest absolute Gasteiger partial charge is 0.173 e. The molecule has 0 fully saturated rings. The molecule has 4 heteroatoms. The van der Waals surface area contributed by atoms with E-state index in [1.807, 2.05) is 36.4 Å². The number of rotatable bonds is 4. The molecule has 1 aliphatic rings. The summed E-state index contributed by atoms with van der Waals surface area (Å²) in [5.74, 6) is 0.128. The second kappa shape index (κ2) is 5.84. The lowest BCUT2D eigenvalue weighted by Gasteiger charge is -2.23. The average molecular weight is 299 g/mol. The molecule has 1 N–H and O–H groups in total. The molecule has 2 aromatic rings. The molecule has 0 spiro atoms. The van der Waals surface area contributed by atoms with E-state index in [4.69, 9.17) is 0 Å². The largest absolute Gasteiger partial charge is 0.299 e. The van der Waals surface area contributed by atoms with E-state index < -0.39 is 9.84 Å². The lowest BCUT2D eigenvalue weighted by atomic mass is 9.98. The molecule has 1 atom stereocenters. The molecule has 108 valence electrons. The zero-order valence-electron chi connectivity index (χ0n) is 11.5. The summed E-state index contributed by atoms with van der Waals surface area (Å²) in [7, 11) is -3.05.